The Kier molecular flexibility index (Phi) is 9.44. The van der Waals surface area contributed by atoms with Crippen molar-refractivity contribution >= 4 is 39.9 Å². The fourth-order valence-electron chi connectivity index (χ4n) is 4.49. The van der Waals surface area contributed by atoms with Crippen LogP contribution in [0.2, 0.25) is 5.02 Å². The van der Waals surface area contributed by atoms with Crippen LogP contribution >= 0.6 is 22.9 Å². The van der Waals surface area contributed by atoms with Gasteiger partial charge in [-0.15, -0.1) is 17.9 Å². The molecule has 0 saturated carbocycles. The number of nitrogens with one attached hydrogen (secondary N) is 1. The highest BCUT2D eigenvalue weighted by Crippen LogP contribution is 2.38. The van der Waals surface area contributed by atoms with Gasteiger partial charge in [0.2, 0.25) is 0 Å². The molecule has 1 aromatic heterocycles. The predicted molar refractivity (Wildman–Crippen MR) is 155 cm³/mol. The maximum atomic E-state index is 13.1. The quantitative estimate of drug-likeness (QED) is 0.159. The van der Waals surface area contributed by atoms with Gasteiger partial charge in [-0.2, -0.15) is 10.5 Å². The molecule has 1 heterocycles. The van der Waals surface area contributed by atoms with Gasteiger partial charge in [0.05, 0.1) is 12.2 Å². The van der Waals surface area contributed by atoms with E-state index in [-0.39, 0.29) is 5.57 Å². The van der Waals surface area contributed by atoms with Crippen molar-refractivity contribution in [3.8, 4) is 23.6 Å². The molecule has 0 aliphatic heterocycles. The summed E-state index contributed by atoms with van der Waals surface area (Å²) in [5, 5.41) is 23.5. The highest BCUT2D eigenvalue weighted by Gasteiger charge is 2.23. The first-order valence-electron chi connectivity index (χ1n) is 12.7. The number of anilines is 1. The van der Waals surface area contributed by atoms with E-state index >= 15 is 0 Å². The number of hydrogen-bond acceptors (Lipinski definition) is 6. The zero-order valence-electron chi connectivity index (χ0n) is 21.7. The number of carbonyl (C=O) groups excluding carboxylic acids is 1. The standard InChI is InChI=1S/C31H28ClN3O3S/c1-3-7-22-14-21(16-27(37-4-2)29(22)38-19-20-10-12-24(32)13-11-20)15-23(17-33)30(36)35-31-26(18-34)25-8-5-6-9-28(25)39-31/h3,10-16H,1,4-9,19H2,2H3,(H,35,36)/b23-15+. The largest absolute Gasteiger partial charge is 0.490 e. The van der Waals surface area contributed by atoms with Crippen molar-refractivity contribution in [3.63, 3.8) is 0 Å². The summed E-state index contributed by atoms with van der Waals surface area (Å²) in [5.74, 6) is 0.529. The third kappa shape index (κ3) is 6.70. The molecule has 0 radical (unpaired) electrons. The number of ether oxygens (including phenoxy) is 2. The number of carbonyl (C=O) groups is 1. The van der Waals surface area contributed by atoms with Crippen LogP contribution in [-0.4, -0.2) is 12.5 Å². The van der Waals surface area contributed by atoms with Crippen molar-refractivity contribution in [3.05, 3.63) is 92.3 Å². The number of nitriles is 2. The van der Waals surface area contributed by atoms with E-state index in [4.69, 9.17) is 21.1 Å². The van der Waals surface area contributed by atoms with Gasteiger partial charge in [-0.05, 0) is 86.1 Å². The molecule has 0 bridgehead atoms. The van der Waals surface area contributed by atoms with Crippen LogP contribution in [0.4, 0.5) is 5.00 Å². The first-order valence-corrected chi connectivity index (χ1v) is 13.9. The second-order valence-corrected chi connectivity index (χ2v) is 10.5. The smallest absolute Gasteiger partial charge is 0.266 e. The Morgan fingerprint density at radius 1 is 1.18 bits per heavy atom. The first kappa shape index (κ1) is 28.0. The lowest BCUT2D eigenvalue weighted by molar-refractivity contribution is -0.112. The number of aryl methyl sites for hydroxylation is 1. The number of rotatable bonds is 10. The highest BCUT2D eigenvalue weighted by atomic mass is 35.5. The van der Waals surface area contributed by atoms with Crippen LogP contribution in [-0.2, 0) is 30.7 Å². The number of fused-ring (bicyclic) bond motifs is 1. The van der Waals surface area contributed by atoms with Gasteiger partial charge in [-0.25, -0.2) is 0 Å². The number of allylic oxidation sites excluding steroid dienone is 1. The number of nitrogens with zero attached hydrogens (tertiary/aromatic N) is 2. The van der Waals surface area contributed by atoms with Gasteiger partial charge in [0, 0.05) is 15.5 Å². The van der Waals surface area contributed by atoms with Crippen molar-refractivity contribution < 1.29 is 14.3 Å². The monoisotopic (exact) mass is 557 g/mol. The molecule has 0 atom stereocenters. The van der Waals surface area contributed by atoms with E-state index in [0.29, 0.717) is 52.3 Å². The van der Waals surface area contributed by atoms with Gasteiger partial charge in [0.25, 0.3) is 5.91 Å². The SMILES string of the molecule is C=CCc1cc(/C=C(\C#N)C(=O)Nc2sc3c(c2C#N)CCCC3)cc(OCC)c1OCc1ccc(Cl)cc1. The summed E-state index contributed by atoms with van der Waals surface area (Å²) in [7, 11) is 0. The van der Waals surface area contributed by atoms with E-state index in [1.807, 2.05) is 43.3 Å². The molecule has 0 fully saturated rings. The molecular formula is C31H28ClN3O3S. The van der Waals surface area contributed by atoms with Crippen LogP contribution < -0.4 is 14.8 Å². The Morgan fingerprint density at radius 2 is 1.95 bits per heavy atom. The molecule has 1 aliphatic carbocycles. The number of thiophene rings is 1. The summed E-state index contributed by atoms with van der Waals surface area (Å²) in [6.07, 6.45) is 7.63. The molecule has 6 nitrogen and oxygen atoms in total. The number of amides is 1. The third-order valence-electron chi connectivity index (χ3n) is 6.30. The molecule has 3 aromatic rings. The van der Waals surface area contributed by atoms with E-state index in [0.717, 1.165) is 47.3 Å². The molecule has 198 valence electrons. The van der Waals surface area contributed by atoms with Crippen LogP contribution in [0, 0.1) is 22.7 Å². The Balaban J connectivity index is 1.63. The molecule has 8 heteroatoms. The summed E-state index contributed by atoms with van der Waals surface area (Å²) in [4.78, 5) is 14.3. The van der Waals surface area contributed by atoms with Gasteiger partial charge in [0.1, 0.15) is 29.3 Å². The summed E-state index contributed by atoms with van der Waals surface area (Å²) in [6.45, 7) is 6.45. The van der Waals surface area contributed by atoms with Gasteiger partial charge in [-0.1, -0.05) is 29.8 Å². The van der Waals surface area contributed by atoms with Gasteiger partial charge in [-0.3, -0.25) is 4.79 Å². The van der Waals surface area contributed by atoms with E-state index in [1.54, 1.807) is 12.1 Å². The molecular weight excluding hydrogens is 530 g/mol. The van der Waals surface area contributed by atoms with Crippen molar-refractivity contribution in [2.45, 2.75) is 45.6 Å². The summed E-state index contributed by atoms with van der Waals surface area (Å²) in [5.41, 5.74) is 3.84. The van der Waals surface area contributed by atoms with E-state index in [9.17, 15) is 15.3 Å². The minimum atomic E-state index is -0.557. The molecule has 0 spiro atoms. The maximum absolute atomic E-state index is 13.1. The average molecular weight is 558 g/mol. The fourth-order valence-corrected chi connectivity index (χ4v) is 5.86. The molecule has 1 N–H and O–H groups in total. The summed E-state index contributed by atoms with van der Waals surface area (Å²) < 4.78 is 12.1. The highest BCUT2D eigenvalue weighted by molar-refractivity contribution is 7.16. The Hall–Kier alpha value is -4.04. The fraction of sp³-hybridized carbons (Fsp3) is 0.258. The van der Waals surface area contributed by atoms with Gasteiger partial charge in [0.15, 0.2) is 11.5 Å². The predicted octanol–water partition coefficient (Wildman–Crippen LogP) is 7.40. The van der Waals surface area contributed by atoms with Crippen LogP contribution in [0.5, 0.6) is 11.5 Å². The number of hydrogen-bond donors (Lipinski definition) is 1. The normalized spacial score (nSPS) is 12.6. The van der Waals surface area contributed by atoms with Crippen LogP contribution in [0.3, 0.4) is 0 Å². The topological polar surface area (TPSA) is 95.1 Å². The van der Waals surface area contributed by atoms with Crippen LogP contribution in [0.25, 0.3) is 6.08 Å². The summed E-state index contributed by atoms with van der Waals surface area (Å²) >= 11 is 7.42. The Labute approximate surface area is 237 Å². The minimum absolute atomic E-state index is 0.0768. The molecule has 1 amide bonds. The third-order valence-corrected chi connectivity index (χ3v) is 7.76. The zero-order valence-corrected chi connectivity index (χ0v) is 23.3. The lowest BCUT2D eigenvalue weighted by atomic mass is 9.96. The van der Waals surface area contributed by atoms with Crippen molar-refractivity contribution in [1.29, 1.82) is 10.5 Å². The Bertz CT molecular complexity index is 1490. The van der Waals surface area contributed by atoms with Gasteiger partial charge < -0.3 is 14.8 Å². The zero-order chi connectivity index (χ0) is 27.8. The van der Waals surface area contributed by atoms with Crippen molar-refractivity contribution in [1.82, 2.24) is 0 Å². The minimum Gasteiger partial charge on any atom is -0.490 e. The molecule has 0 saturated heterocycles. The molecule has 2 aromatic carbocycles. The second-order valence-electron chi connectivity index (χ2n) is 9.00. The molecule has 39 heavy (non-hydrogen) atoms. The van der Waals surface area contributed by atoms with Crippen LogP contribution in [0.1, 0.15) is 52.5 Å². The molecule has 4 rings (SSSR count). The lowest BCUT2D eigenvalue weighted by Crippen LogP contribution is -2.13. The van der Waals surface area contributed by atoms with E-state index < -0.39 is 5.91 Å². The lowest BCUT2D eigenvalue weighted by Gasteiger charge is -2.17. The van der Waals surface area contributed by atoms with E-state index in [1.165, 1.54) is 17.4 Å². The van der Waals surface area contributed by atoms with Crippen LogP contribution in [0.15, 0.2) is 54.6 Å². The van der Waals surface area contributed by atoms with E-state index in [2.05, 4.69) is 18.0 Å². The second kappa shape index (κ2) is 13.2. The van der Waals surface area contributed by atoms with Crippen molar-refractivity contribution in [2.24, 2.45) is 0 Å². The molecule has 1 aliphatic rings. The van der Waals surface area contributed by atoms with Gasteiger partial charge >= 0.3 is 0 Å². The Morgan fingerprint density at radius 3 is 2.64 bits per heavy atom. The number of benzene rings is 2. The number of halogens is 1. The summed E-state index contributed by atoms with van der Waals surface area (Å²) in [6, 6.07) is 15.3. The first-order chi connectivity index (χ1) is 19.0. The average Bonchev–Trinajstić information content (AvgIpc) is 3.29. The van der Waals surface area contributed by atoms with Crippen molar-refractivity contribution in [2.75, 3.05) is 11.9 Å². The maximum Gasteiger partial charge on any atom is 0.266 e. The molecule has 0 unspecified atom stereocenters.